The lowest BCUT2D eigenvalue weighted by Crippen LogP contribution is -2.45. The number of carbonyl (C=O) groups excluding carboxylic acids is 1. The van der Waals surface area contributed by atoms with E-state index in [0.29, 0.717) is 36.2 Å². The normalized spacial score (nSPS) is 25.9. The van der Waals surface area contributed by atoms with Gasteiger partial charge >= 0.3 is 0 Å². The number of piperidine rings is 2. The number of carbonyl (C=O) groups is 1. The summed E-state index contributed by atoms with van der Waals surface area (Å²) in [6, 6.07) is 4.99. The van der Waals surface area contributed by atoms with Gasteiger partial charge < -0.3 is 15.5 Å². The van der Waals surface area contributed by atoms with Crippen LogP contribution in [0.15, 0.2) is 18.2 Å². The van der Waals surface area contributed by atoms with Crippen LogP contribution in [0, 0.1) is 27.9 Å². The number of likely N-dealkylation sites (tertiary alicyclic amines) is 1. The zero-order chi connectivity index (χ0) is 20.4. The van der Waals surface area contributed by atoms with Crippen LogP contribution in [-0.2, 0) is 0 Å². The van der Waals surface area contributed by atoms with Crippen LogP contribution < -0.4 is 10.6 Å². The van der Waals surface area contributed by atoms with E-state index in [2.05, 4.69) is 18.7 Å². The third-order valence-corrected chi connectivity index (χ3v) is 6.12. The number of anilines is 1. The van der Waals surface area contributed by atoms with Crippen LogP contribution in [0.5, 0.6) is 0 Å². The van der Waals surface area contributed by atoms with Gasteiger partial charge in [-0.3, -0.25) is 14.9 Å². The van der Waals surface area contributed by atoms with E-state index >= 15 is 0 Å². The second-order valence-electron chi connectivity index (χ2n) is 8.82. The molecule has 3 rings (SSSR count). The molecule has 2 aliphatic rings. The summed E-state index contributed by atoms with van der Waals surface area (Å²) in [6.07, 6.45) is 3.07. The molecule has 2 heterocycles. The van der Waals surface area contributed by atoms with E-state index in [1.165, 1.54) is 6.07 Å². The van der Waals surface area contributed by atoms with Crippen LogP contribution in [0.3, 0.4) is 0 Å². The Bertz CT molecular complexity index is 733. The summed E-state index contributed by atoms with van der Waals surface area (Å²) in [5.41, 5.74) is 7.05. The Labute approximate surface area is 179 Å². The first-order valence-electron chi connectivity index (χ1n) is 10.3. The van der Waals surface area contributed by atoms with Gasteiger partial charge in [0, 0.05) is 43.9 Å². The van der Waals surface area contributed by atoms with Crippen LogP contribution >= 0.6 is 12.4 Å². The fourth-order valence-corrected chi connectivity index (χ4v) is 4.74. The van der Waals surface area contributed by atoms with Crippen molar-refractivity contribution in [1.29, 1.82) is 0 Å². The second kappa shape index (κ2) is 9.76. The van der Waals surface area contributed by atoms with Crippen molar-refractivity contribution in [2.75, 3.05) is 31.1 Å². The van der Waals surface area contributed by atoms with E-state index in [-0.39, 0.29) is 40.9 Å². The third-order valence-electron chi connectivity index (χ3n) is 6.12. The molecule has 1 aromatic carbocycles. The van der Waals surface area contributed by atoms with E-state index < -0.39 is 0 Å². The number of hydrogen-bond donors (Lipinski definition) is 1. The molecule has 162 valence electrons. The maximum absolute atomic E-state index is 13.0. The summed E-state index contributed by atoms with van der Waals surface area (Å²) < 4.78 is 0. The highest BCUT2D eigenvalue weighted by molar-refractivity contribution is 5.96. The Kier molecular flexibility index (Phi) is 7.88. The number of amides is 1. The maximum atomic E-state index is 13.0. The molecule has 1 amide bonds. The average Bonchev–Trinajstić information content (AvgIpc) is 2.66. The molecule has 2 saturated heterocycles. The Morgan fingerprint density at radius 2 is 1.90 bits per heavy atom. The summed E-state index contributed by atoms with van der Waals surface area (Å²) in [7, 11) is 0. The van der Waals surface area contributed by atoms with Crippen molar-refractivity contribution in [3.8, 4) is 0 Å². The molecule has 1 aromatic rings. The highest BCUT2D eigenvalue weighted by Crippen LogP contribution is 2.34. The smallest absolute Gasteiger partial charge is 0.293 e. The highest BCUT2D eigenvalue weighted by Gasteiger charge is 2.30. The number of nitrogens with zero attached hydrogens (tertiary/aromatic N) is 3. The summed E-state index contributed by atoms with van der Waals surface area (Å²) in [5.74, 6) is 1.13. The first-order valence-corrected chi connectivity index (χ1v) is 10.3. The van der Waals surface area contributed by atoms with Gasteiger partial charge in [0.25, 0.3) is 11.6 Å². The molecule has 0 saturated carbocycles. The summed E-state index contributed by atoms with van der Waals surface area (Å²) in [5, 5.41) is 11.8. The van der Waals surface area contributed by atoms with Crippen LogP contribution in [-0.4, -0.2) is 48.0 Å². The zero-order valence-electron chi connectivity index (χ0n) is 17.5. The van der Waals surface area contributed by atoms with E-state index in [0.717, 1.165) is 32.4 Å². The zero-order valence-corrected chi connectivity index (χ0v) is 18.4. The van der Waals surface area contributed by atoms with Gasteiger partial charge in [-0.05, 0) is 56.1 Å². The quantitative estimate of drug-likeness (QED) is 0.587. The minimum Gasteiger partial charge on any atom is -0.365 e. The van der Waals surface area contributed by atoms with Gasteiger partial charge in [0.2, 0.25) is 0 Å². The largest absolute Gasteiger partial charge is 0.365 e. The van der Waals surface area contributed by atoms with Crippen LogP contribution in [0.1, 0.15) is 50.4 Å². The van der Waals surface area contributed by atoms with Gasteiger partial charge in [-0.2, -0.15) is 0 Å². The van der Waals surface area contributed by atoms with Gasteiger partial charge in [-0.25, -0.2) is 0 Å². The van der Waals surface area contributed by atoms with E-state index in [1.807, 2.05) is 6.92 Å². The fraction of sp³-hybridized carbons (Fsp3) is 0.667. The molecule has 2 N–H and O–H groups in total. The van der Waals surface area contributed by atoms with Crippen molar-refractivity contribution in [3.63, 3.8) is 0 Å². The lowest BCUT2D eigenvalue weighted by Gasteiger charge is -2.36. The number of benzene rings is 1. The Balaban J connectivity index is 0.00000300. The summed E-state index contributed by atoms with van der Waals surface area (Å²) in [6.45, 7) is 9.24. The molecular weight excluding hydrogens is 392 g/mol. The summed E-state index contributed by atoms with van der Waals surface area (Å²) >= 11 is 0. The second-order valence-corrected chi connectivity index (χ2v) is 8.82. The predicted molar refractivity (Wildman–Crippen MR) is 118 cm³/mol. The monoisotopic (exact) mass is 424 g/mol. The Morgan fingerprint density at radius 3 is 2.48 bits per heavy atom. The predicted octanol–water partition coefficient (Wildman–Crippen LogP) is 3.70. The Morgan fingerprint density at radius 1 is 1.24 bits per heavy atom. The minimum absolute atomic E-state index is 0. The highest BCUT2D eigenvalue weighted by atomic mass is 35.5. The Hall–Kier alpha value is -1.86. The fourth-order valence-electron chi connectivity index (χ4n) is 4.74. The molecule has 8 heteroatoms. The van der Waals surface area contributed by atoms with Gasteiger partial charge in [-0.15, -0.1) is 12.4 Å². The van der Waals surface area contributed by atoms with E-state index in [9.17, 15) is 14.9 Å². The van der Waals surface area contributed by atoms with Crippen molar-refractivity contribution >= 4 is 29.7 Å². The van der Waals surface area contributed by atoms with Crippen molar-refractivity contribution in [3.05, 3.63) is 33.9 Å². The number of hydrogen-bond acceptors (Lipinski definition) is 5. The van der Waals surface area contributed by atoms with Crippen molar-refractivity contribution in [2.45, 2.75) is 46.1 Å². The first kappa shape index (κ1) is 23.4. The van der Waals surface area contributed by atoms with Gasteiger partial charge in [-0.1, -0.05) is 13.8 Å². The van der Waals surface area contributed by atoms with Gasteiger partial charge in [0.1, 0.15) is 5.69 Å². The number of halogens is 1. The standard InChI is InChI=1S/C21H32N4O3.ClH/c1-14-9-15(2)12-24(11-14)19-7-6-17(10-20(19)25(27)28)21(26)23-8-4-5-18(13-23)16(3)22;/h6-7,10,14-16,18H,4-5,8-9,11-13,22H2,1-3H3;1H. The molecule has 4 atom stereocenters. The maximum Gasteiger partial charge on any atom is 0.293 e. The lowest BCUT2D eigenvalue weighted by atomic mass is 9.91. The van der Waals surface area contributed by atoms with Crippen molar-refractivity contribution < 1.29 is 9.72 Å². The van der Waals surface area contributed by atoms with Crippen molar-refractivity contribution in [1.82, 2.24) is 4.90 Å². The molecule has 2 fully saturated rings. The summed E-state index contributed by atoms with van der Waals surface area (Å²) in [4.78, 5) is 28.3. The molecule has 7 nitrogen and oxygen atoms in total. The van der Waals surface area contributed by atoms with Crippen molar-refractivity contribution in [2.24, 2.45) is 23.5 Å². The van der Waals surface area contributed by atoms with Crippen LogP contribution in [0.25, 0.3) is 0 Å². The van der Waals surface area contributed by atoms with Gasteiger partial charge in [0.15, 0.2) is 0 Å². The molecule has 0 bridgehead atoms. The SMILES string of the molecule is CC1CC(C)CN(c2ccc(C(=O)N3CCCC(C(C)N)C3)cc2[N+](=O)[O-])C1.Cl. The average molecular weight is 425 g/mol. The molecule has 29 heavy (non-hydrogen) atoms. The third kappa shape index (κ3) is 5.39. The van der Waals surface area contributed by atoms with E-state index in [4.69, 9.17) is 5.73 Å². The molecule has 0 spiro atoms. The number of rotatable bonds is 4. The number of nitro groups is 1. The van der Waals surface area contributed by atoms with Crippen LogP contribution in [0.2, 0.25) is 0 Å². The number of nitro benzene ring substituents is 1. The molecule has 4 unspecified atom stereocenters. The van der Waals surface area contributed by atoms with E-state index in [1.54, 1.807) is 17.0 Å². The molecule has 2 aliphatic heterocycles. The number of nitrogens with two attached hydrogens (primary N) is 1. The molecule has 0 aromatic heterocycles. The minimum atomic E-state index is -0.364. The molecule has 0 radical (unpaired) electrons. The first-order chi connectivity index (χ1) is 13.3. The van der Waals surface area contributed by atoms with Crippen LogP contribution in [0.4, 0.5) is 11.4 Å². The topological polar surface area (TPSA) is 92.7 Å². The molecule has 0 aliphatic carbocycles. The van der Waals surface area contributed by atoms with Gasteiger partial charge in [0.05, 0.1) is 4.92 Å². The molecular formula is C21H33ClN4O3. The lowest BCUT2D eigenvalue weighted by molar-refractivity contribution is -0.384.